The maximum absolute atomic E-state index is 3.26. The van der Waals surface area contributed by atoms with E-state index in [9.17, 15) is 0 Å². The molecule has 1 aromatic carbocycles. The molecule has 0 aromatic heterocycles. The summed E-state index contributed by atoms with van der Waals surface area (Å²) in [6, 6.07) is 8.54. The number of fused-ring (bicyclic) bond motifs is 1. The minimum Gasteiger partial charge on any atom is -0.387 e. The van der Waals surface area contributed by atoms with Crippen LogP contribution in [0.2, 0.25) is 0 Å². The van der Waals surface area contributed by atoms with E-state index in [1.54, 1.807) is 5.57 Å². The van der Waals surface area contributed by atoms with Crippen LogP contribution in [0.3, 0.4) is 0 Å². The summed E-state index contributed by atoms with van der Waals surface area (Å²) in [6.07, 6.45) is 9.78. The summed E-state index contributed by atoms with van der Waals surface area (Å²) < 4.78 is 0. The molecule has 2 aliphatic carbocycles. The molecule has 0 amide bonds. The van der Waals surface area contributed by atoms with E-state index in [1.807, 2.05) is 18.8 Å². The van der Waals surface area contributed by atoms with Crippen LogP contribution in [0.25, 0.3) is 0 Å². The third kappa shape index (κ3) is 2.74. The van der Waals surface area contributed by atoms with E-state index in [4.69, 9.17) is 0 Å². The summed E-state index contributed by atoms with van der Waals surface area (Å²) >= 11 is 1.94. The van der Waals surface area contributed by atoms with Crippen LogP contribution in [-0.2, 0) is 0 Å². The molecule has 1 aromatic rings. The SMILES string of the molecule is CNc1ccccc1SCC1=CC2CC2(C)C=CC1. The molecular weight excluding hydrogens is 250 g/mol. The molecule has 100 valence electrons. The highest BCUT2D eigenvalue weighted by Crippen LogP contribution is 2.56. The number of anilines is 1. The van der Waals surface area contributed by atoms with Gasteiger partial charge in [0.05, 0.1) is 0 Å². The van der Waals surface area contributed by atoms with Gasteiger partial charge in [-0.05, 0) is 36.3 Å². The first-order valence-corrected chi connectivity index (χ1v) is 7.97. The van der Waals surface area contributed by atoms with Crippen molar-refractivity contribution in [3.05, 3.63) is 48.1 Å². The molecule has 1 saturated carbocycles. The Labute approximate surface area is 120 Å². The van der Waals surface area contributed by atoms with Crippen molar-refractivity contribution in [1.29, 1.82) is 0 Å². The lowest BCUT2D eigenvalue weighted by molar-refractivity contribution is 0.697. The monoisotopic (exact) mass is 271 g/mol. The van der Waals surface area contributed by atoms with Crippen molar-refractivity contribution in [2.75, 3.05) is 18.1 Å². The lowest BCUT2D eigenvalue weighted by Crippen LogP contribution is -1.93. The third-order valence-corrected chi connectivity index (χ3v) is 5.41. The van der Waals surface area contributed by atoms with Crippen molar-refractivity contribution in [2.45, 2.75) is 24.7 Å². The summed E-state index contributed by atoms with van der Waals surface area (Å²) in [6.45, 7) is 2.37. The molecule has 1 fully saturated rings. The lowest BCUT2D eigenvalue weighted by atomic mass is 10.1. The Balaban J connectivity index is 1.67. The molecule has 2 aliphatic rings. The van der Waals surface area contributed by atoms with Crippen molar-refractivity contribution >= 4 is 17.4 Å². The maximum Gasteiger partial charge on any atom is 0.0475 e. The quantitative estimate of drug-likeness (QED) is 0.627. The van der Waals surface area contributed by atoms with Crippen LogP contribution in [0.15, 0.2) is 53.0 Å². The molecule has 2 heteroatoms. The number of nitrogens with one attached hydrogen (secondary N) is 1. The second-order valence-corrected chi connectivity index (χ2v) is 6.80. The number of hydrogen-bond acceptors (Lipinski definition) is 2. The maximum atomic E-state index is 3.26. The van der Waals surface area contributed by atoms with Crippen molar-refractivity contribution < 1.29 is 0 Å². The number of hydrogen-bond donors (Lipinski definition) is 1. The van der Waals surface area contributed by atoms with E-state index in [0.717, 1.165) is 18.1 Å². The Morgan fingerprint density at radius 3 is 3.05 bits per heavy atom. The fourth-order valence-electron chi connectivity index (χ4n) is 2.76. The summed E-state index contributed by atoms with van der Waals surface area (Å²) in [4.78, 5) is 1.35. The van der Waals surface area contributed by atoms with Crippen LogP contribution in [0.5, 0.6) is 0 Å². The number of para-hydroxylation sites is 1. The fourth-order valence-corrected chi connectivity index (χ4v) is 3.82. The largest absolute Gasteiger partial charge is 0.387 e. The molecule has 0 saturated heterocycles. The Morgan fingerprint density at radius 2 is 2.21 bits per heavy atom. The molecule has 0 aliphatic heterocycles. The third-order valence-electron chi connectivity index (χ3n) is 4.23. The average Bonchev–Trinajstić information content (AvgIpc) is 3.07. The van der Waals surface area contributed by atoms with E-state index < -0.39 is 0 Å². The molecule has 2 unspecified atom stereocenters. The first kappa shape index (κ1) is 12.9. The minimum atomic E-state index is 0.481. The summed E-state index contributed by atoms with van der Waals surface area (Å²) in [5.41, 5.74) is 3.29. The van der Waals surface area contributed by atoms with Gasteiger partial charge in [-0.15, -0.1) is 11.8 Å². The zero-order valence-corrected chi connectivity index (χ0v) is 12.5. The summed E-state index contributed by atoms with van der Waals surface area (Å²) in [7, 11) is 1.99. The molecule has 0 heterocycles. The highest BCUT2D eigenvalue weighted by atomic mass is 32.2. The Kier molecular flexibility index (Phi) is 3.44. The summed E-state index contributed by atoms with van der Waals surface area (Å²) in [5.74, 6) is 1.90. The van der Waals surface area contributed by atoms with E-state index in [2.05, 4.69) is 54.7 Å². The lowest BCUT2D eigenvalue weighted by Gasteiger charge is -2.09. The van der Waals surface area contributed by atoms with Crippen molar-refractivity contribution in [2.24, 2.45) is 11.3 Å². The molecular formula is C17H21NS. The fraction of sp³-hybridized carbons (Fsp3) is 0.412. The van der Waals surface area contributed by atoms with E-state index in [0.29, 0.717) is 5.41 Å². The topological polar surface area (TPSA) is 12.0 Å². The van der Waals surface area contributed by atoms with E-state index in [1.165, 1.54) is 17.0 Å². The van der Waals surface area contributed by atoms with Gasteiger partial charge < -0.3 is 5.32 Å². The van der Waals surface area contributed by atoms with Crippen LogP contribution in [0.4, 0.5) is 5.69 Å². The predicted octanol–water partition coefficient (Wildman–Crippen LogP) is 4.73. The van der Waals surface area contributed by atoms with Crippen LogP contribution in [0.1, 0.15) is 19.8 Å². The van der Waals surface area contributed by atoms with E-state index >= 15 is 0 Å². The minimum absolute atomic E-state index is 0.481. The van der Waals surface area contributed by atoms with Gasteiger partial charge in [-0.2, -0.15) is 0 Å². The van der Waals surface area contributed by atoms with Gasteiger partial charge in [-0.3, -0.25) is 0 Å². The standard InChI is InChI=1S/C17H21NS/c1-17-9-5-6-13(10-14(17)11-17)12-19-16-8-4-3-7-15(16)18-2/h3-5,7-10,14,18H,6,11-12H2,1-2H3. The number of thioether (sulfide) groups is 1. The Hall–Kier alpha value is -1.15. The molecule has 3 rings (SSSR count). The highest BCUT2D eigenvalue weighted by molar-refractivity contribution is 7.99. The zero-order chi connectivity index (χ0) is 13.3. The van der Waals surface area contributed by atoms with Gasteiger partial charge in [0, 0.05) is 23.4 Å². The van der Waals surface area contributed by atoms with Crippen molar-refractivity contribution in [3.8, 4) is 0 Å². The predicted molar refractivity (Wildman–Crippen MR) is 84.8 cm³/mol. The first-order chi connectivity index (χ1) is 9.21. The highest BCUT2D eigenvalue weighted by Gasteiger charge is 2.46. The van der Waals surface area contributed by atoms with Crippen LogP contribution in [0, 0.1) is 11.3 Å². The summed E-state index contributed by atoms with van der Waals surface area (Å²) in [5, 5.41) is 3.26. The van der Waals surface area contributed by atoms with Gasteiger partial charge in [0.1, 0.15) is 0 Å². The first-order valence-electron chi connectivity index (χ1n) is 6.98. The molecule has 1 N–H and O–H groups in total. The second kappa shape index (κ2) is 5.09. The average molecular weight is 271 g/mol. The normalized spacial score (nSPS) is 28.3. The van der Waals surface area contributed by atoms with Gasteiger partial charge in [-0.25, -0.2) is 0 Å². The van der Waals surface area contributed by atoms with Crippen LogP contribution in [-0.4, -0.2) is 12.8 Å². The van der Waals surface area contributed by atoms with Crippen LogP contribution >= 0.6 is 11.8 Å². The number of rotatable bonds is 4. The second-order valence-electron chi connectivity index (χ2n) is 5.78. The van der Waals surface area contributed by atoms with Gasteiger partial charge in [0.2, 0.25) is 0 Å². The van der Waals surface area contributed by atoms with Crippen LogP contribution < -0.4 is 5.32 Å². The van der Waals surface area contributed by atoms with Gasteiger partial charge in [0.15, 0.2) is 0 Å². The van der Waals surface area contributed by atoms with Gasteiger partial charge in [-0.1, -0.05) is 42.9 Å². The molecule has 2 atom stereocenters. The van der Waals surface area contributed by atoms with Gasteiger partial charge in [0.25, 0.3) is 0 Å². The van der Waals surface area contributed by atoms with Gasteiger partial charge >= 0.3 is 0 Å². The zero-order valence-electron chi connectivity index (χ0n) is 11.6. The van der Waals surface area contributed by atoms with Crippen molar-refractivity contribution in [1.82, 2.24) is 0 Å². The molecule has 0 bridgehead atoms. The molecule has 1 nitrogen and oxygen atoms in total. The smallest absolute Gasteiger partial charge is 0.0475 e. The number of benzene rings is 1. The Bertz CT molecular complexity index is 532. The van der Waals surface area contributed by atoms with Crippen molar-refractivity contribution in [3.63, 3.8) is 0 Å². The Morgan fingerprint density at radius 1 is 1.37 bits per heavy atom. The number of allylic oxidation sites excluding steroid dienone is 3. The van der Waals surface area contributed by atoms with E-state index in [-0.39, 0.29) is 0 Å². The molecule has 0 spiro atoms. The molecule has 0 radical (unpaired) electrons. The molecule has 19 heavy (non-hydrogen) atoms.